The Morgan fingerprint density at radius 3 is 2.72 bits per heavy atom. The molecule has 1 amide bonds. The average Bonchev–Trinajstić information content (AvgIpc) is 2.32. The molecule has 6 heteroatoms. The molecule has 0 atom stereocenters. The van der Waals surface area contributed by atoms with Gasteiger partial charge in [-0.3, -0.25) is 4.79 Å². The van der Waals surface area contributed by atoms with E-state index in [9.17, 15) is 4.79 Å². The van der Waals surface area contributed by atoms with Crippen LogP contribution in [0.5, 0.6) is 0 Å². The van der Waals surface area contributed by atoms with Crippen molar-refractivity contribution < 1.29 is 4.79 Å². The molecule has 1 aliphatic heterocycles. The number of likely N-dealkylation sites (N-methyl/N-ethyl adjacent to an activating group) is 1. The van der Waals surface area contributed by atoms with Crippen LogP contribution in [0.15, 0.2) is 22.7 Å². The van der Waals surface area contributed by atoms with E-state index >= 15 is 0 Å². The Morgan fingerprint density at radius 1 is 1.44 bits per heavy atom. The summed E-state index contributed by atoms with van der Waals surface area (Å²) in [7, 11) is 1.82. The number of piperazine rings is 1. The van der Waals surface area contributed by atoms with Crippen LogP contribution < -0.4 is 10.6 Å². The van der Waals surface area contributed by atoms with Crippen molar-refractivity contribution in [3.63, 3.8) is 0 Å². The van der Waals surface area contributed by atoms with Crippen LogP contribution in [0, 0.1) is 0 Å². The molecule has 4 nitrogen and oxygen atoms in total. The Balaban J connectivity index is 2.22. The lowest BCUT2D eigenvalue weighted by Gasteiger charge is -2.33. The van der Waals surface area contributed by atoms with Gasteiger partial charge in [0.15, 0.2) is 0 Å². The van der Waals surface area contributed by atoms with Crippen LogP contribution in [0.2, 0.25) is 0 Å². The molecule has 96 valence electrons. The Hall–Kier alpha value is -1.14. The van der Waals surface area contributed by atoms with Gasteiger partial charge in [0.25, 0.3) is 0 Å². The van der Waals surface area contributed by atoms with E-state index in [1.54, 1.807) is 4.90 Å². The molecule has 0 spiro atoms. The zero-order valence-corrected chi connectivity index (χ0v) is 12.4. The molecule has 1 heterocycles. The highest BCUT2D eigenvalue weighted by molar-refractivity contribution is 9.10. The van der Waals surface area contributed by atoms with Crippen molar-refractivity contribution in [2.75, 3.05) is 31.6 Å². The van der Waals surface area contributed by atoms with Crippen LogP contribution >= 0.6 is 28.1 Å². The number of halogens is 1. The number of hydrogen-bond donors (Lipinski definition) is 1. The second-order valence-corrected chi connectivity index (χ2v) is 5.56. The van der Waals surface area contributed by atoms with Gasteiger partial charge in [-0.2, -0.15) is 0 Å². The monoisotopic (exact) mass is 327 g/mol. The minimum Gasteiger partial charge on any atom is -0.389 e. The van der Waals surface area contributed by atoms with Crippen molar-refractivity contribution in [3.05, 3.63) is 28.2 Å². The molecule has 1 saturated heterocycles. The lowest BCUT2D eigenvalue weighted by atomic mass is 10.2. The molecule has 0 aromatic heterocycles. The molecule has 18 heavy (non-hydrogen) atoms. The molecule has 2 N–H and O–H groups in total. The van der Waals surface area contributed by atoms with Gasteiger partial charge in [-0.15, -0.1) is 0 Å². The summed E-state index contributed by atoms with van der Waals surface area (Å²) in [6.07, 6.45) is 0. The number of thiocarbonyl (C=S) groups is 1. The Bertz CT molecular complexity index is 506. The minimum atomic E-state index is 0.135. The van der Waals surface area contributed by atoms with E-state index in [1.807, 2.05) is 25.2 Å². The summed E-state index contributed by atoms with van der Waals surface area (Å²) in [6.45, 7) is 1.99. The standard InChI is InChI=1S/C12H14BrN3OS/c1-15-4-5-16(7-11(15)17)8-2-3-9(12(14)18)10(13)6-8/h2-3,6H,4-5,7H2,1H3,(H2,14,18). The van der Waals surface area contributed by atoms with E-state index in [0.717, 1.165) is 28.8 Å². The summed E-state index contributed by atoms with van der Waals surface area (Å²) in [5.41, 5.74) is 7.43. The normalized spacial score (nSPS) is 16.0. The molecule has 0 bridgehead atoms. The van der Waals surface area contributed by atoms with Crippen molar-refractivity contribution in [1.29, 1.82) is 0 Å². The highest BCUT2D eigenvalue weighted by Crippen LogP contribution is 2.25. The Kier molecular flexibility index (Phi) is 3.87. The number of nitrogens with zero attached hydrogens (tertiary/aromatic N) is 2. The maximum atomic E-state index is 11.7. The molecule has 0 radical (unpaired) electrons. The van der Waals surface area contributed by atoms with Crippen molar-refractivity contribution in [2.24, 2.45) is 5.73 Å². The number of rotatable bonds is 2. The summed E-state index contributed by atoms with van der Waals surface area (Å²) in [6, 6.07) is 5.77. The number of anilines is 1. The van der Waals surface area contributed by atoms with Crippen LogP contribution in [-0.4, -0.2) is 42.5 Å². The largest absolute Gasteiger partial charge is 0.389 e. The third-order valence-corrected chi connectivity index (χ3v) is 3.92. The maximum Gasteiger partial charge on any atom is 0.241 e. The number of carbonyl (C=O) groups excluding carboxylic acids is 1. The van der Waals surface area contributed by atoms with Crippen molar-refractivity contribution in [1.82, 2.24) is 4.90 Å². The van der Waals surface area contributed by atoms with Gasteiger partial charge >= 0.3 is 0 Å². The van der Waals surface area contributed by atoms with Crippen molar-refractivity contribution >= 4 is 44.7 Å². The molecule has 1 aromatic carbocycles. The average molecular weight is 328 g/mol. The fraction of sp³-hybridized carbons (Fsp3) is 0.333. The first-order chi connectivity index (χ1) is 8.49. The SMILES string of the molecule is CN1CCN(c2ccc(C(N)=S)c(Br)c2)CC1=O. The number of amides is 1. The van der Waals surface area contributed by atoms with E-state index in [0.29, 0.717) is 11.5 Å². The first-order valence-electron chi connectivity index (χ1n) is 5.57. The number of hydrogen-bond acceptors (Lipinski definition) is 3. The van der Waals surface area contributed by atoms with Gasteiger partial charge in [0.05, 0.1) is 6.54 Å². The summed E-state index contributed by atoms with van der Waals surface area (Å²) in [5, 5.41) is 0. The number of carbonyl (C=O) groups is 1. The summed E-state index contributed by atoms with van der Waals surface area (Å²) >= 11 is 8.41. The lowest BCUT2D eigenvalue weighted by Crippen LogP contribution is -2.48. The predicted molar refractivity (Wildman–Crippen MR) is 79.9 cm³/mol. The third-order valence-electron chi connectivity index (χ3n) is 3.04. The van der Waals surface area contributed by atoms with E-state index in [1.165, 1.54) is 0 Å². The third kappa shape index (κ3) is 2.64. The fourth-order valence-electron chi connectivity index (χ4n) is 1.88. The topological polar surface area (TPSA) is 49.6 Å². The Morgan fingerprint density at radius 2 is 2.17 bits per heavy atom. The van der Waals surface area contributed by atoms with Gasteiger partial charge in [0.1, 0.15) is 4.99 Å². The first kappa shape index (κ1) is 13.3. The fourth-order valence-corrected chi connectivity index (χ4v) is 2.77. The molecular formula is C12H14BrN3OS. The van der Waals surface area contributed by atoms with Crippen LogP contribution in [0.1, 0.15) is 5.56 Å². The van der Waals surface area contributed by atoms with Gasteiger partial charge in [-0.1, -0.05) is 12.2 Å². The molecule has 1 aliphatic rings. The Labute approximate surface area is 120 Å². The zero-order chi connectivity index (χ0) is 13.3. The number of nitrogens with two attached hydrogens (primary N) is 1. The quantitative estimate of drug-likeness (QED) is 0.833. The number of benzene rings is 1. The van der Waals surface area contributed by atoms with E-state index in [4.69, 9.17) is 18.0 Å². The second kappa shape index (κ2) is 5.24. The maximum absolute atomic E-state index is 11.7. The molecule has 0 saturated carbocycles. The summed E-state index contributed by atoms with van der Waals surface area (Å²) in [5.74, 6) is 0.135. The van der Waals surface area contributed by atoms with Gasteiger partial charge in [0.2, 0.25) is 5.91 Å². The van der Waals surface area contributed by atoms with E-state index in [-0.39, 0.29) is 5.91 Å². The van der Waals surface area contributed by atoms with Gasteiger partial charge in [0, 0.05) is 35.9 Å². The van der Waals surface area contributed by atoms with Gasteiger partial charge in [-0.25, -0.2) is 0 Å². The summed E-state index contributed by atoms with van der Waals surface area (Å²) < 4.78 is 0.860. The molecule has 2 rings (SSSR count). The van der Waals surface area contributed by atoms with Crippen LogP contribution in [0.25, 0.3) is 0 Å². The van der Waals surface area contributed by atoms with E-state index < -0.39 is 0 Å². The summed E-state index contributed by atoms with van der Waals surface area (Å²) in [4.78, 5) is 15.8. The predicted octanol–water partition coefficient (Wildman–Crippen LogP) is 1.36. The minimum absolute atomic E-state index is 0.135. The molecule has 1 fully saturated rings. The van der Waals surface area contributed by atoms with Crippen LogP contribution in [0.3, 0.4) is 0 Å². The lowest BCUT2D eigenvalue weighted by molar-refractivity contribution is -0.129. The molecular weight excluding hydrogens is 314 g/mol. The van der Waals surface area contributed by atoms with E-state index in [2.05, 4.69) is 20.8 Å². The van der Waals surface area contributed by atoms with Crippen molar-refractivity contribution in [2.45, 2.75) is 0 Å². The zero-order valence-electron chi connectivity index (χ0n) is 10.0. The molecule has 0 aliphatic carbocycles. The van der Waals surface area contributed by atoms with Crippen LogP contribution in [-0.2, 0) is 4.79 Å². The smallest absolute Gasteiger partial charge is 0.241 e. The van der Waals surface area contributed by atoms with Crippen LogP contribution in [0.4, 0.5) is 5.69 Å². The first-order valence-corrected chi connectivity index (χ1v) is 6.77. The highest BCUT2D eigenvalue weighted by Gasteiger charge is 2.21. The molecule has 0 unspecified atom stereocenters. The van der Waals surface area contributed by atoms with Crippen molar-refractivity contribution in [3.8, 4) is 0 Å². The second-order valence-electron chi connectivity index (χ2n) is 4.27. The van der Waals surface area contributed by atoms with Gasteiger partial charge in [-0.05, 0) is 34.1 Å². The van der Waals surface area contributed by atoms with Gasteiger partial charge < -0.3 is 15.5 Å². The molecule has 1 aromatic rings. The highest BCUT2D eigenvalue weighted by atomic mass is 79.9.